The lowest BCUT2D eigenvalue weighted by atomic mass is 10.2. The van der Waals surface area contributed by atoms with Crippen LogP contribution in [0.5, 0.6) is 0 Å². The standard InChI is InChI=1S/C13H28N2O3/c1-5-8-14-12(13(16)18-7-3)11-15(6-2)9-10-17-4/h12,14H,5-11H2,1-4H3. The average molecular weight is 260 g/mol. The molecule has 5 heteroatoms. The highest BCUT2D eigenvalue weighted by molar-refractivity contribution is 5.76. The minimum atomic E-state index is -0.248. The normalized spacial score (nSPS) is 12.7. The predicted molar refractivity (Wildman–Crippen MR) is 72.7 cm³/mol. The van der Waals surface area contributed by atoms with E-state index >= 15 is 0 Å². The van der Waals surface area contributed by atoms with Gasteiger partial charge in [0.2, 0.25) is 0 Å². The van der Waals surface area contributed by atoms with Gasteiger partial charge in [-0.1, -0.05) is 13.8 Å². The topological polar surface area (TPSA) is 50.8 Å². The maximum atomic E-state index is 11.8. The summed E-state index contributed by atoms with van der Waals surface area (Å²) in [5.74, 6) is -0.165. The molecule has 0 radical (unpaired) electrons. The van der Waals surface area contributed by atoms with Gasteiger partial charge in [-0.3, -0.25) is 9.69 Å². The lowest BCUT2D eigenvalue weighted by Gasteiger charge is -2.25. The Hall–Kier alpha value is -0.650. The Morgan fingerprint density at radius 1 is 1.33 bits per heavy atom. The third-order valence-corrected chi connectivity index (χ3v) is 2.71. The van der Waals surface area contributed by atoms with Crippen molar-refractivity contribution >= 4 is 5.97 Å². The summed E-state index contributed by atoms with van der Waals surface area (Å²) in [5.41, 5.74) is 0. The number of ether oxygens (including phenoxy) is 2. The van der Waals surface area contributed by atoms with Gasteiger partial charge in [-0.05, 0) is 26.4 Å². The number of hydrogen-bond donors (Lipinski definition) is 1. The third kappa shape index (κ3) is 7.63. The Labute approximate surface area is 111 Å². The fourth-order valence-electron chi connectivity index (χ4n) is 1.64. The van der Waals surface area contributed by atoms with E-state index in [1.54, 1.807) is 7.11 Å². The van der Waals surface area contributed by atoms with E-state index in [1.165, 1.54) is 0 Å². The van der Waals surface area contributed by atoms with Crippen molar-refractivity contribution in [3.8, 4) is 0 Å². The number of carbonyl (C=O) groups is 1. The van der Waals surface area contributed by atoms with Crippen molar-refractivity contribution in [1.29, 1.82) is 0 Å². The largest absolute Gasteiger partial charge is 0.465 e. The van der Waals surface area contributed by atoms with E-state index in [0.717, 1.165) is 26.1 Å². The van der Waals surface area contributed by atoms with Gasteiger partial charge >= 0.3 is 5.97 Å². The summed E-state index contributed by atoms with van der Waals surface area (Å²) in [6, 6.07) is -0.248. The zero-order chi connectivity index (χ0) is 13.8. The lowest BCUT2D eigenvalue weighted by Crippen LogP contribution is -2.47. The number of nitrogens with one attached hydrogen (secondary N) is 1. The second kappa shape index (κ2) is 11.4. The average Bonchev–Trinajstić information content (AvgIpc) is 2.38. The third-order valence-electron chi connectivity index (χ3n) is 2.71. The fraction of sp³-hybridized carbons (Fsp3) is 0.923. The number of rotatable bonds is 11. The van der Waals surface area contributed by atoms with E-state index in [2.05, 4.69) is 24.1 Å². The van der Waals surface area contributed by atoms with E-state index in [1.807, 2.05) is 6.92 Å². The van der Waals surface area contributed by atoms with Gasteiger partial charge in [0.25, 0.3) is 0 Å². The van der Waals surface area contributed by atoms with Crippen LogP contribution in [0.2, 0.25) is 0 Å². The van der Waals surface area contributed by atoms with Crippen LogP contribution in [0.25, 0.3) is 0 Å². The number of carbonyl (C=O) groups excluding carboxylic acids is 1. The van der Waals surface area contributed by atoms with Gasteiger partial charge in [0.05, 0.1) is 13.2 Å². The van der Waals surface area contributed by atoms with Crippen molar-refractivity contribution in [2.24, 2.45) is 0 Å². The first kappa shape index (κ1) is 17.4. The van der Waals surface area contributed by atoms with Gasteiger partial charge in [-0.2, -0.15) is 0 Å². The molecule has 0 aromatic heterocycles. The molecule has 0 amide bonds. The first-order chi connectivity index (χ1) is 8.69. The molecule has 1 N–H and O–H groups in total. The van der Waals surface area contributed by atoms with Crippen molar-refractivity contribution in [3.63, 3.8) is 0 Å². The van der Waals surface area contributed by atoms with Crippen LogP contribution in [-0.4, -0.2) is 63.4 Å². The molecule has 5 nitrogen and oxygen atoms in total. The molecule has 0 saturated heterocycles. The van der Waals surface area contributed by atoms with Gasteiger partial charge < -0.3 is 14.8 Å². The number of hydrogen-bond acceptors (Lipinski definition) is 5. The van der Waals surface area contributed by atoms with Gasteiger partial charge in [0.1, 0.15) is 6.04 Å². The van der Waals surface area contributed by atoms with Gasteiger partial charge in [0, 0.05) is 20.2 Å². The molecule has 0 bridgehead atoms. The molecule has 108 valence electrons. The van der Waals surface area contributed by atoms with Crippen LogP contribution in [-0.2, 0) is 14.3 Å². The zero-order valence-electron chi connectivity index (χ0n) is 12.2. The molecule has 0 aliphatic rings. The number of methoxy groups -OCH3 is 1. The Kier molecular flexibility index (Phi) is 11.0. The SMILES string of the molecule is CCCNC(CN(CC)CCOC)C(=O)OCC. The quantitative estimate of drug-likeness (QED) is 0.559. The molecule has 0 rings (SSSR count). The molecule has 0 aromatic rings. The second-order valence-electron chi connectivity index (χ2n) is 4.14. The smallest absolute Gasteiger partial charge is 0.324 e. The van der Waals surface area contributed by atoms with Crippen LogP contribution in [0, 0.1) is 0 Å². The minimum Gasteiger partial charge on any atom is -0.465 e. The minimum absolute atomic E-state index is 0.165. The fourth-order valence-corrected chi connectivity index (χ4v) is 1.64. The molecular weight excluding hydrogens is 232 g/mol. The highest BCUT2D eigenvalue weighted by Crippen LogP contribution is 1.97. The summed E-state index contributed by atoms with van der Waals surface area (Å²) in [5, 5.41) is 3.24. The summed E-state index contributed by atoms with van der Waals surface area (Å²) < 4.78 is 10.2. The van der Waals surface area contributed by atoms with Crippen LogP contribution in [0.4, 0.5) is 0 Å². The first-order valence-electron chi connectivity index (χ1n) is 6.80. The van der Waals surface area contributed by atoms with Crippen LogP contribution in [0.1, 0.15) is 27.2 Å². The van der Waals surface area contributed by atoms with Crippen LogP contribution >= 0.6 is 0 Å². The highest BCUT2D eigenvalue weighted by atomic mass is 16.5. The Morgan fingerprint density at radius 3 is 2.56 bits per heavy atom. The van der Waals surface area contributed by atoms with E-state index in [-0.39, 0.29) is 12.0 Å². The molecule has 0 fully saturated rings. The van der Waals surface area contributed by atoms with Crippen molar-refractivity contribution < 1.29 is 14.3 Å². The summed E-state index contributed by atoms with van der Waals surface area (Å²) in [6.45, 7) is 10.3. The lowest BCUT2D eigenvalue weighted by molar-refractivity contribution is -0.146. The molecule has 0 aliphatic heterocycles. The summed E-state index contributed by atoms with van der Waals surface area (Å²) in [7, 11) is 1.69. The summed E-state index contributed by atoms with van der Waals surface area (Å²) in [4.78, 5) is 14.0. The molecule has 0 saturated carbocycles. The van der Waals surface area contributed by atoms with Gasteiger partial charge in [-0.25, -0.2) is 0 Å². The Morgan fingerprint density at radius 2 is 2.06 bits per heavy atom. The summed E-state index contributed by atoms with van der Waals surface area (Å²) >= 11 is 0. The van der Waals surface area contributed by atoms with Gasteiger partial charge in [0.15, 0.2) is 0 Å². The number of nitrogens with zero attached hydrogens (tertiary/aromatic N) is 1. The Balaban J connectivity index is 4.29. The molecule has 18 heavy (non-hydrogen) atoms. The molecule has 0 spiro atoms. The first-order valence-corrected chi connectivity index (χ1v) is 6.80. The van der Waals surface area contributed by atoms with Crippen molar-refractivity contribution in [1.82, 2.24) is 10.2 Å². The molecule has 0 heterocycles. The second-order valence-corrected chi connectivity index (χ2v) is 4.14. The molecule has 1 atom stereocenters. The van der Waals surface area contributed by atoms with Crippen molar-refractivity contribution in [2.45, 2.75) is 33.2 Å². The highest BCUT2D eigenvalue weighted by Gasteiger charge is 2.21. The van der Waals surface area contributed by atoms with Gasteiger partial charge in [-0.15, -0.1) is 0 Å². The van der Waals surface area contributed by atoms with Crippen LogP contribution in [0.15, 0.2) is 0 Å². The van der Waals surface area contributed by atoms with E-state index < -0.39 is 0 Å². The number of esters is 1. The molecule has 0 aliphatic carbocycles. The molecule has 1 unspecified atom stereocenters. The van der Waals surface area contributed by atoms with Crippen molar-refractivity contribution in [3.05, 3.63) is 0 Å². The van der Waals surface area contributed by atoms with Crippen molar-refractivity contribution in [2.75, 3.05) is 46.5 Å². The Bertz CT molecular complexity index is 212. The van der Waals surface area contributed by atoms with E-state index in [0.29, 0.717) is 19.8 Å². The maximum Gasteiger partial charge on any atom is 0.324 e. The summed E-state index contributed by atoms with van der Waals surface area (Å²) in [6.07, 6.45) is 1.00. The maximum absolute atomic E-state index is 11.8. The van der Waals surface area contributed by atoms with E-state index in [4.69, 9.17) is 9.47 Å². The molecule has 0 aromatic carbocycles. The predicted octanol–water partition coefficient (Wildman–Crippen LogP) is 0.886. The zero-order valence-corrected chi connectivity index (χ0v) is 12.2. The van der Waals surface area contributed by atoms with Crippen LogP contribution in [0.3, 0.4) is 0 Å². The number of likely N-dealkylation sites (N-methyl/N-ethyl adjacent to an activating group) is 1. The van der Waals surface area contributed by atoms with Crippen LogP contribution < -0.4 is 5.32 Å². The monoisotopic (exact) mass is 260 g/mol. The van der Waals surface area contributed by atoms with E-state index in [9.17, 15) is 4.79 Å². The molecular formula is C13H28N2O3.